The number of hydrogen-bond acceptors (Lipinski definition) is 2. The number of benzene rings is 2. The number of aryl methyl sites for hydroxylation is 2. The van der Waals surface area contributed by atoms with Crippen molar-refractivity contribution in [2.45, 2.75) is 13.8 Å². The summed E-state index contributed by atoms with van der Waals surface area (Å²) in [7, 11) is 0. The third kappa shape index (κ3) is 2.98. The Bertz CT molecular complexity index is 546. The van der Waals surface area contributed by atoms with Gasteiger partial charge in [-0.1, -0.05) is 42.5 Å². The molecule has 0 atom stereocenters. The fraction of sp³-hybridized carbons (Fsp3) is 0.188. The molecule has 92 valence electrons. The first-order chi connectivity index (χ1) is 8.66. The van der Waals surface area contributed by atoms with Crippen LogP contribution in [-0.2, 0) is 0 Å². The highest BCUT2D eigenvalue weighted by atomic mass is 16.1. The van der Waals surface area contributed by atoms with E-state index in [1.807, 2.05) is 44.2 Å². The Morgan fingerprint density at radius 3 is 2.50 bits per heavy atom. The van der Waals surface area contributed by atoms with Gasteiger partial charge in [0, 0.05) is 11.3 Å². The summed E-state index contributed by atoms with van der Waals surface area (Å²) < 4.78 is 0. The quantitative estimate of drug-likeness (QED) is 0.826. The molecule has 2 nitrogen and oxygen atoms in total. The molecule has 0 aromatic heterocycles. The lowest BCUT2D eigenvalue weighted by Crippen LogP contribution is -2.14. The maximum Gasteiger partial charge on any atom is 0.181 e. The highest BCUT2D eigenvalue weighted by Gasteiger charge is 2.05. The smallest absolute Gasteiger partial charge is 0.181 e. The molecule has 0 fully saturated rings. The highest BCUT2D eigenvalue weighted by molar-refractivity contribution is 5.98. The van der Waals surface area contributed by atoms with Crippen LogP contribution in [0.3, 0.4) is 0 Å². The summed E-state index contributed by atoms with van der Waals surface area (Å²) in [5.41, 5.74) is 4.12. The Hall–Kier alpha value is -2.09. The molecule has 1 N–H and O–H groups in total. The minimum atomic E-state index is 0.108. The van der Waals surface area contributed by atoms with E-state index < -0.39 is 0 Å². The first-order valence-corrected chi connectivity index (χ1v) is 6.06. The summed E-state index contributed by atoms with van der Waals surface area (Å²) in [6.45, 7) is 4.41. The van der Waals surface area contributed by atoms with E-state index >= 15 is 0 Å². The number of carbonyl (C=O) groups is 1. The Morgan fingerprint density at radius 1 is 1.06 bits per heavy atom. The molecule has 18 heavy (non-hydrogen) atoms. The molecular formula is C16H17NO. The third-order valence-electron chi connectivity index (χ3n) is 2.93. The fourth-order valence-electron chi connectivity index (χ4n) is 1.83. The molecule has 0 saturated carbocycles. The van der Waals surface area contributed by atoms with Crippen molar-refractivity contribution in [2.24, 2.45) is 0 Å². The number of ketones is 1. The first-order valence-electron chi connectivity index (χ1n) is 6.06. The van der Waals surface area contributed by atoms with Crippen molar-refractivity contribution < 1.29 is 4.79 Å². The first kappa shape index (κ1) is 12.4. The summed E-state index contributed by atoms with van der Waals surface area (Å²) in [6, 6.07) is 15.5. The normalized spacial score (nSPS) is 10.1. The molecule has 0 saturated heterocycles. The van der Waals surface area contributed by atoms with Crippen LogP contribution in [0.5, 0.6) is 0 Å². The van der Waals surface area contributed by atoms with Gasteiger partial charge in [0.25, 0.3) is 0 Å². The summed E-state index contributed by atoms with van der Waals surface area (Å²) in [5, 5.41) is 3.20. The molecule has 0 aliphatic carbocycles. The van der Waals surface area contributed by atoms with Crippen LogP contribution in [0, 0.1) is 13.8 Å². The van der Waals surface area contributed by atoms with E-state index in [0.29, 0.717) is 6.54 Å². The molecule has 0 aliphatic rings. The predicted molar refractivity (Wildman–Crippen MR) is 75.2 cm³/mol. The van der Waals surface area contributed by atoms with Crippen LogP contribution in [0.2, 0.25) is 0 Å². The van der Waals surface area contributed by atoms with Gasteiger partial charge in [-0.15, -0.1) is 0 Å². The monoisotopic (exact) mass is 239 g/mol. The Morgan fingerprint density at radius 2 is 1.78 bits per heavy atom. The molecular weight excluding hydrogens is 222 g/mol. The van der Waals surface area contributed by atoms with Crippen LogP contribution in [-0.4, -0.2) is 12.3 Å². The second-order valence-corrected chi connectivity index (χ2v) is 4.46. The molecule has 0 bridgehead atoms. The lowest BCUT2D eigenvalue weighted by atomic mass is 10.1. The van der Waals surface area contributed by atoms with Crippen molar-refractivity contribution in [1.29, 1.82) is 0 Å². The van der Waals surface area contributed by atoms with Crippen molar-refractivity contribution in [3.05, 3.63) is 65.2 Å². The summed E-state index contributed by atoms with van der Waals surface area (Å²) in [5.74, 6) is 0.108. The predicted octanol–water partition coefficient (Wildman–Crippen LogP) is 3.60. The van der Waals surface area contributed by atoms with Gasteiger partial charge in [-0.25, -0.2) is 0 Å². The molecule has 2 heteroatoms. The van der Waals surface area contributed by atoms with Crippen molar-refractivity contribution in [3.63, 3.8) is 0 Å². The Kier molecular flexibility index (Phi) is 3.78. The summed E-state index contributed by atoms with van der Waals surface area (Å²) in [6.07, 6.45) is 0. The molecule has 0 amide bonds. The van der Waals surface area contributed by atoms with Crippen LogP contribution >= 0.6 is 0 Å². The SMILES string of the molecule is Cc1ccc(C)c(NCC(=O)c2ccccc2)c1. The lowest BCUT2D eigenvalue weighted by Gasteiger charge is -2.09. The van der Waals surface area contributed by atoms with Crippen LogP contribution < -0.4 is 5.32 Å². The summed E-state index contributed by atoms with van der Waals surface area (Å²) in [4.78, 5) is 12.0. The van der Waals surface area contributed by atoms with Gasteiger partial charge in [-0.3, -0.25) is 4.79 Å². The number of rotatable bonds is 4. The minimum Gasteiger partial charge on any atom is -0.377 e. The number of hydrogen-bond donors (Lipinski definition) is 1. The van der Waals surface area contributed by atoms with E-state index in [4.69, 9.17) is 0 Å². The largest absolute Gasteiger partial charge is 0.377 e. The molecule has 2 rings (SSSR count). The number of nitrogens with one attached hydrogen (secondary N) is 1. The van der Waals surface area contributed by atoms with Gasteiger partial charge >= 0.3 is 0 Å². The zero-order valence-electron chi connectivity index (χ0n) is 10.7. The average molecular weight is 239 g/mol. The molecule has 0 heterocycles. The second-order valence-electron chi connectivity index (χ2n) is 4.46. The molecule has 2 aromatic carbocycles. The Balaban J connectivity index is 2.04. The van der Waals surface area contributed by atoms with Gasteiger partial charge in [0.15, 0.2) is 5.78 Å². The van der Waals surface area contributed by atoms with Gasteiger partial charge in [0.2, 0.25) is 0 Å². The standard InChI is InChI=1S/C16H17NO/c1-12-8-9-13(2)15(10-12)17-11-16(18)14-6-4-3-5-7-14/h3-10,17H,11H2,1-2H3. The zero-order chi connectivity index (χ0) is 13.0. The van der Waals surface area contributed by atoms with Crippen LogP contribution in [0.4, 0.5) is 5.69 Å². The van der Waals surface area contributed by atoms with Gasteiger partial charge in [0.1, 0.15) is 0 Å². The molecule has 2 aromatic rings. The third-order valence-corrected chi connectivity index (χ3v) is 2.93. The van der Waals surface area contributed by atoms with E-state index in [1.165, 1.54) is 5.56 Å². The Labute approximate surface area is 108 Å². The van der Waals surface area contributed by atoms with Crippen molar-refractivity contribution >= 4 is 11.5 Å². The second kappa shape index (κ2) is 5.50. The van der Waals surface area contributed by atoms with Crippen molar-refractivity contribution in [3.8, 4) is 0 Å². The molecule has 0 unspecified atom stereocenters. The van der Waals surface area contributed by atoms with E-state index in [-0.39, 0.29) is 5.78 Å². The van der Waals surface area contributed by atoms with Crippen LogP contribution in [0.15, 0.2) is 48.5 Å². The van der Waals surface area contributed by atoms with Gasteiger partial charge in [-0.2, -0.15) is 0 Å². The number of Topliss-reactive ketones (excluding diaryl/α,β-unsaturated/α-hetero) is 1. The maximum absolute atomic E-state index is 12.0. The zero-order valence-corrected chi connectivity index (χ0v) is 10.7. The van der Waals surface area contributed by atoms with Crippen molar-refractivity contribution in [2.75, 3.05) is 11.9 Å². The van der Waals surface area contributed by atoms with Gasteiger partial charge < -0.3 is 5.32 Å². The van der Waals surface area contributed by atoms with Gasteiger partial charge in [0.05, 0.1) is 6.54 Å². The number of carbonyl (C=O) groups excluding carboxylic acids is 1. The van der Waals surface area contributed by atoms with Crippen molar-refractivity contribution in [1.82, 2.24) is 0 Å². The van der Waals surface area contributed by atoms with Crippen LogP contribution in [0.1, 0.15) is 21.5 Å². The lowest BCUT2D eigenvalue weighted by molar-refractivity contribution is 0.101. The number of anilines is 1. The minimum absolute atomic E-state index is 0.108. The fourth-order valence-corrected chi connectivity index (χ4v) is 1.83. The average Bonchev–Trinajstić information content (AvgIpc) is 2.40. The van der Waals surface area contributed by atoms with E-state index in [9.17, 15) is 4.79 Å². The summed E-state index contributed by atoms with van der Waals surface area (Å²) >= 11 is 0. The van der Waals surface area contributed by atoms with Crippen LogP contribution in [0.25, 0.3) is 0 Å². The van der Waals surface area contributed by atoms with Gasteiger partial charge in [-0.05, 0) is 31.0 Å². The molecule has 0 spiro atoms. The van der Waals surface area contributed by atoms with E-state index in [0.717, 1.165) is 16.8 Å². The van der Waals surface area contributed by atoms with E-state index in [2.05, 4.69) is 23.5 Å². The molecule has 0 aliphatic heterocycles. The maximum atomic E-state index is 12.0. The van der Waals surface area contributed by atoms with E-state index in [1.54, 1.807) is 0 Å². The molecule has 0 radical (unpaired) electrons. The highest BCUT2D eigenvalue weighted by Crippen LogP contribution is 2.16. The topological polar surface area (TPSA) is 29.1 Å².